The average Bonchev–Trinajstić information content (AvgIpc) is 3.34. The number of hydrogen-bond acceptors (Lipinski definition) is 3. The Bertz CT molecular complexity index is 1490. The first-order valence-electron chi connectivity index (χ1n) is 13.3. The Morgan fingerprint density at radius 3 is 2.51 bits per heavy atom. The van der Waals surface area contributed by atoms with Crippen LogP contribution in [0.15, 0.2) is 30.3 Å². The first-order chi connectivity index (χ1) is 18.7. The van der Waals surface area contributed by atoms with Gasteiger partial charge in [-0.05, 0) is 62.7 Å². The Morgan fingerprint density at radius 1 is 1.00 bits per heavy atom. The van der Waals surface area contributed by atoms with Crippen molar-refractivity contribution in [1.82, 2.24) is 14.8 Å². The highest BCUT2D eigenvalue weighted by molar-refractivity contribution is 6.36. The van der Waals surface area contributed by atoms with E-state index < -0.39 is 23.4 Å². The van der Waals surface area contributed by atoms with Crippen molar-refractivity contribution < 1.29 is 22.8 Å². The molecule has 0 saturated carbocycles. The summed E-state index contributed by atoms with van der Waals surface area (Å²) in [4.78, 5) is 34.1. The van der Waals surface area contributed by atoms with E-state index in [0.29, 0.717) is 42.0 Å². The molecule has 0 fully saturated rings. The second-order valence-electron chi connectivity index (χ2n) is 9.90. The number of carbonyl (C=O) groups excluding carboxylic acids is 2. The number of halogens is 3. The highest BCUT2D eigenvalue weighted by Gasteiger charge is 2.32. The van der Waals surface area contributed by atoms with Gasteiger partial charge in [0.2, 0.25) is 0 Å². The highest BCUT2D eigenvalue weighted by atomic mass is 19.2. The third kappa shape index (κ3) is 4.76. The number of likely N-dealkylation sites (N-methyl/N-ethyl adjacent to an activating group) is 1. The maximum absolute atomic E-state index is 15.1. The van der Waals surface area contributed by atoms with Crippen LogP contribution in [0, 0.1) is 24.4 Å². The van der Waals surface area contributed by atoms with E-state index >= 15 is 4.39 Å². The molecule has 2 amide bonds. The third-order valence-corrected chi connectivity index (χ3v) is 7.73. The summed E-state index contributed by atoms with van der Waals surface area (Å²) in [6, 6.07) is 6.06. The molecule has 0 radical (unpaired) electrons. The van der Waals surface area contributed by atoms with Crippen LogP contribution in [0.3, 0.4) is 0 Å². The van der Waals surface area contributed by atoms with Crippen LogP contribution in [0.5, 0.6) is 0 Å². The first-order valence-corrected chi connectivity index (χ1v) is 13.3. The lowest BCUT2D eigenvalue weighted by molar-refractivity contribution is -0.110. The van der Waals surface area contributed by atoms with Crippen LogP contribution in [-0.2, 0) is 11.2 Å². The van der Waals surface area contributed by atoms with Crippen molar-refractivity contribution in [2.24, 2.45) is 0 Å². The monoisotopic (exact) mass is 536 g/mol. The van der Waals surface area contributed by atoms with Crippen LogP contribution in [0.25, 0.3) is 22.8 Å². The normalized spacial score (nSPS) is 16.1. The molecule has 39 heavy (non-hydrogen) atoms. The fourth-order valence-electron chi connectivity index (χ4n) is 5.53. The first kappa shape index (κ1) is 26.7. The van der Waals surface area contributed by atoms with Gasteiger partial charge in [0.05, 0.1) is 11.1 Å². The van der Waals surface area contributed by atoms with Crippen molar-refractivity contribution in [3.8, 4) is 11.1 Å². The molecular formula is C30H31F3N4O2. The van der Waals surface area contributed by atoms with E-state index in [1.54, 1.807) is 6.08 Å². The lowest BCUT2D eigenvalue weighted by Crippen LogP contribution is -2.38. The zero-order chi connectivity index (χ0) is 27.8. The summed E-state index contributed by atoms with van der Waals surface area (Å²) < 4.78 is 44.0. The SMILES string of the molecule is CCN(CC)CCN1CCCc2[nH]c(/C=C3\C(=O)Nc4ccc(F)c(-c5cccc(F)c5F)c43)c(C)c2C1=O. The van der Waals surface area contributed by atoms with Crippen molar-refractivity contribution in [2.45, 2.75) is 33.6 Å². The molecule has 9 heteroatoms. The Kier molecular flexibility index (Phi) is 7.36. The van der Waals surface area contributed by atoms with Crippen LogP contribution in [0.1, 0.15) is 53.1 Å². The van der Waals surface area contributed by atoms with Gasteiger partial charge in [0.15, 0.2) is 11.6 Å². The van der Waals surface area contributed by atoms with Gasteiger partial charge < -0.3 is 20.1 Å². The lowest BCUT2D eigenvalue weighted by atomic mass is 9.93. The molecule has 1 aromatic heterocycles. The number of aryl methyl sites for hydroxylation is 1. The van der Waals surface area contributed by atoms with Crippen LogP contribution in [0.2, 0.25) is 0 Å². The van der Waals surface area contributed by atoms with Gasteiger partial charge in [-0.25, -0.2) is 13.2 Å². The van der Waals surface area contributed by atoms with E-state index in [0.717, 1.165) is 43.9 Å². The van der Waals surface area contributed by atoms with Gasteiger partial charge in [0, 0.05) is 53.4 Å². The van der Waals surface area contributed by atoms with E-state index in [2.05, 4.69) is 29.0 Å². The Labute approximate surface area is 225 Å². The number of aromatic nitrogens is 1. The van der Waals surface area contributed by atoms with Gasteiger partial charge in [-0.2, -0.15) is 0 Å². The van der Waals surface area contributed by atoms with E-state index in [-0.39, 0.29) is 28.2 Å². The molecule has 0 atom stereocenters. The summed E-state index contributed by atoms with van der Waals surface area (Å²) in [6.07, 6.45) is 3.03. The number of rotatable bonds is 7. The molecule has 2 aromatic carbocycles. The molecule has 3 heterocycles. The molecule has 5 rings (SSSR count). The second-order valence-corrected chi connectivity index (χ2v) is 9.90. The Balaban J connectivity index is 1.57. The van der Waals surface area contributed by atoms with Crippen molar-refractivity contribution >= 4 is 29.2 Å². The average molecular weight is 537 g/mol. The molecule has 3 aromatic rings. The summed E-state index contributed by atoms with van der Waals surface area (Å²) in [6.45, 7) is 9.91. The predicted molar refractivity (Wildman–Crippen MR) is 146 cm³/mol. The number of fused-ring (bicyclic) bond motifs is 2. The predicted octanol–water partition coefficient (Wildman–Crippen LogP) is 5.63. The summed E-state index contributed by atoms with van der Waals surface area (Å²) in [5.41, 5.74) is 2.71. The van der Waals surface area contributed by atoms with Crippen molar-refractivity contribution in [3.05, 3.63) is 75.9 Å². The number of nitrogens with one attached hydrogen (secondary N) is 2. The third-order valence-electron chi connectivity index (χ3n) is 7.73. The standard InChI is InChI=1S/C30H31F3N4O2/c1-4-36(5-2)14-15-37-13-7-10-22-25(30(37)39)17(3)24(34-22)16-19-27-23(35-29(19)38)12-11-20(31)26(27)18-8-6-9-21(32)28(18)33/h6,8-9,11-12,16,34H,4-5,7,10,13-15H2,1-3H3,(H,35,38)/b19-16-. The molecule has 0 aliphatic carbocycles. The van der Waals surface area contributed by atoms with Gasteiger partial charge in [0.25, 0.3) is 11.8 Å². The van der Waals surface area contributed by atoms with E-state index in [1.807, 2.05) is 11.8 Å². The largest absolute Gasteiger partial charge is 0.358 e. The Morgan fingerprint density at radius 2 is 1.77 bits per heavy atom. The summed E-state index contributed by atoms with van der Waals surface area (Å²) in [5.74, 6) is -3.64. The topological polar surface area (TPSA) is 68.4 Å². The summed E-state index contributed by atoms with van der Waals surface area (Å²) >= 11 is 0. The number of anilines is 1. The fraction of sp³-hybridized carbons (Fsp3) is 0.333. The van der Waals surface area contributed by atoms with E-state index in [9.17, 15) is 18.4 Å². The second kappa shape index (κ2) is 10.7. The maximum Gasteiger partial charge on any atom is 0.256 e. The quantitative estimate of drug-likeness (QED) is 0.385. The van der Waals surface area contributed by atoms with Crippen molar-refractivity contribution in [1.29, 1.82) is 0 Å². The van der Waals surface area contributed by atoms with E-state index in [1.165, 1.54) is 18.2 Å². The maximum atomic E-state index is 15.1. The lowest BCUT2D eigenvalue weighted by Gasteiger charge is -2.25. The van der Waals surface area contributed by atoms with Gasteiger partial charge in [-0.1, -0.05) is 26.0 Å². The van der Waals surface area contributed by atoms with Gasteiger partial charge in [-0.3, -0.25) is 9.59 Å². The number of nitrogens with zero attached hydrogens (tertiary/aromatic N) is 2. The number of benzene rings is 2. The minimum absolute atomic E-state index is 0.0575. The number of amides is 2. The van der Waals surface area contributed by atoms with Crippen molar-refractivity contribution in [3.63, 3.8) is 0 Å². The number of H-pyrrole nitrogens is 1. The van der Waals surface area contributed by atoms with Gasteiger partial charge in [-0.15, -0.1) is 0 Å². The van der Waals surface area contributed by atoms with Crippen LogP contribution in [0.4, 0.5) is 18.9 Å². The zero-order valence-corrected chi connectivity index (χ0v) is 22.3. The zero-order valence-electron chi connectivity index (χ0n) is 22.3. The summed E-state index contributed by atoms with van der Waals surface area (Å²) in [7, 11) is 0. The molecule has 0 bridgehead atoms. The van der Waals surface area contributed by atoms with Crippen LogP contribution < -0.4 is 5.32 Å². The molecular weight excluding hydrogens is 505 g/mol. The number of carbonyl (C=O) groups is 2. The Hall–Kier alpha value is -3.85. The molecule has 6 nitrogen and oxygen atoms in total. The minimum Gasteiger partial charge on any atom is -0.358 e. The summed E-state index contributed by atoms with van der Waals surface area (Å²) in [5, 5.41) is 2.70. The molecule has 0 saturated heterocycles. The minimum atomic E-state index is -1.19. The molecule has 204 valence electrons. The molecule has 0 spiro atoms. The van der Waals surface area contributed by atoms with Crippen molar-refractivity contribution in [2.75, 3.05) is 38.0 Å². The van der Waals surface area contributed by atoms with Crippen LogP contribution >= 0.6 is 0 Å². The molecule has 0 unspecified atom stereocenters. The highest BCUT2D eigenvalue weighted by Crippen LogP contribution is 2.43. The van der Waals surface area contributed by atoms with Gasteiger partial charge in [0.1, 0.15) is 5.82 Å². The fourth-order valence-corrected chi connectivity index (χ4v) is 5.53. The number of hydrogen-bond donors (Lipinski definition) is 2. The smallest absolute Gasteiger partial charge is 0.256 e. The van der Waals surface area contributed by atoms with Gasteiger partial charge >= 0.3 is 0 Å². The van der Waals surface area contributed by atoms with E-state index in [4.69, 9.17) is 0 Å². The number of aromatic amines is 1. The molecule has 2 N–H and O–H groups in total. The molecule has 2 aliphatic rings. The van der Waals surface area contributed by atoms with Crippen LogP contribution in [-0.4, -0.2) is 59.3 Å². The molecule has 2 aliphatic heterocycles.